The van der Waals surface area contributed by atoms with Crippen molar-refractivity contribution in [1.29, 1.82) is 0 Å². The van der Waals surface area contributed by atoms with Crippen LogP contribution >= 0.6 is 15.9 Å². The molecule has 0 saturated heterocycles. The van der Waals surface area contributed by atoms with Gasteiger partial charge in [0.15, 0.2) is 0 Å². The normalized spacial score (nSPS) is 30.4. The third kappa shape index (κ3) is 2.89. The first-order chi connectivity index (χ1) is 9.95. The van der Waals surface area contributed by atoms with Gasteiger partial charge in [-0.3, -0.25) is 9.48 Å². The summed E-state index contributed by atoms with van der Waals surface area (Å²) in [7, 11) is 0. The van der Waals surface area contributed by atoms with Crippen molar-refractivity contribution >= 4 is 21.8 Å². The van der Waals surface area contributed by atoms with E-state index in [4.69, 9.17) is 0 Å². The fraction of sp³-hybridized carbons (Fsp3) is 0.750. The lowest BCUT2D eigenvalue weighted by molar-refractivity contribution is -0.125. The Balaban J connectivity index is 1.60. The minimum atomic E-state index is -0.268. The third-order valence-corrected chi connectivity index (χ3v) is 6.22. The average Bonchev–Trinajstić information content (AvgIpc) is 3.14. The smallest absolute Gasteiger partial charge is 0.244 e. The second-order valence-electron chi connectivity index (χ2n) is 6.85. The Bertz CT molecular complexity index is 522. The van der Waals surface area contributed by atoms with E-state index in [-0.39, 0.29) is 18.0 Å². The van der Waals surface area contributed by atoms with Crippen LogP contribution in [0.3, 0.4) is 0 Å². The molecule has 5 atom stereocenters. The second-order valence-corrected chi connectivity index (χ2v) is 7.71. The minimum Gasteiger partial charge on any atom is -0.352 e. The van der Waals surface area contributed by atoms with Gasteiger partial charge in [0.1, 0.15) is 6.04 Å². The van der Waals surface area contributed by atoms with Crippen LogP contribution in [0.15, 0.2) is 10.7 Å². The molecule has 1 aromatic heterocycles. The molecule has 2 bridgehead atoms. The number of carbonyl (C=O) groups is 1. The minimum absolute atomic E-state index is 0.0697. The number of nitrogens with zero attached hydrogens (tertiary/aromatic N) is 2. The van der Waals surface area contributed by atoms with Crippen LogP contribution < -0.4 is 5.32 Å². The molecule has 21 heavy (non-hydrogen) atoms. The molecule has 2 aliphatic carbocycles. The number of carbonyl (C=O) groups excluding carboxylic acids is 1. The van der Waals surface area contributed by atoms with E-state index in [0.29, 0.717) is 5.92 Å². The van der Waals surface area contributed by atoms with Gasteiger partial charge in [0.2, 0.25) is 5.91 Å². The quantitative estimate of drug-likeness (QED) is 0.900. The van der Waals surface area contributed by atoms with Gasteiger partial charge in [0.05, 0.1) is 10.2 Å². The van der Waals surface area contributed by atoms with E-state index in [1.165, 1.54) is 25.7 Å². The van der Waals surface area contributed by atoms with Crippen LogP contribution in [-0.2, 0) is 4.79 Å². The zero-order valence-corrected chi connectivity index (χ0v) is 14.6. The van der Waals surface area contributed by atoms with E-state index in [0.717, 1.165) is 22.0 Å². The number of aryl methyl sites for hydroxylation is 1. The summed E-state index contributed by atoms with van der Waals surface area (Å²) in [5, 5.41) is 7.60. The highest BCUT2D eigenvalue weighted by molar-refractivity contribution is 9.10. The number of fused-ring (bicyclic) bond motifs is 2. The standard InChI is InChI=1S/C16H24BrN3O/c1-9(14-7-12-4-5-13(14)6-12)18-16(21)11(3)20-8-15(17)10(2)19-20/h8-9,11-14H,4-7H2,1-3H3,(H,18,21). The Hall–Kier alpha value is -0.840. The first kappa shape index (κ1) is 15.1. The lowest BCUT2D eigenvalue weighted by atomic mass is 9.84. The van der Waals surface area contributed by atoms with E-state index in [1.807, 2.05) is 20.0 Å². The number of nitrogens with one attached hydrogen (secondary N) is 1. The molecule has 0 aromatic carbocycles. The number of amides is 1. The number of aromatic nitrogens is 2. The van der Waals surface area contributed by atoms with Crippen molar-refractivity contribution in [2.45, 2.75) is 58.5 Å². The number of rotatable bonds is 4. The topological polar surface area (TPSA) is 46.9 Å². The first-order valence-corrected chi connectivity index (χ1v) is 8.76. The molecule has 1 N–H and O–H groups in total. The molecule has 5 heteroatoms. The first-order valence-electron chi connectivity index (χ1n) is 7.97. The van der Waals surface area contributed by atoms with Crippen LogP contribution in [0.4, 0.5) is 0 Å². The number of hydrogen-bond donors (Lipinski definition) is 1. The van der Waals surface area contributed by atoms with Crippen molar-refractivity contribution in [3.05, 3.63) is 16.4 Å². The molecule has 4 nitrogen and oxygen atoms in total. The number of hydrogen-bond acceptors (Lipinski definition) is 2. The van der Waals surface area contributed by atoms with Gasteiger partial charge in [-0.25, -0.2) is 0 Å². The molecule has 0 radical (unpaired) electrons. The molecule has 2 aliphatic rings. The van der Waals surface area contributed by atoms with Gasteiger partial charge in [-0.1, -0.05) is 6.42 Å². The zero-order chi connectivity index (χ0) is 15.1. The van der Waals surface area contributed by atoms with Crippen LogP contribution in [0.5, 0.6) is 0 Å². The van der Waals surface area contributed by atoms with Gasteiger partial charge in [0, 0.05) is 12.2 Å². The number of halogens is 1. The van der Waals surface area contributed by atoms with Crippen molar-refractivity contribution in [3.8, 4) is 0 Å². The SMILES string of the molecule is Cc1nn(C(C)C(=O)NC(C)C2CC3CCC2C3)cc1Br. The predicted molar refractivity (Wildman–Crippen MR) is 85.9 cm³/mol. The van der Waals surface area contributed by atoms with Gasteiger partial charge < -0.3 is 5.32 Å². The zero-order valence-electron chi connectivity index (χ0n) is 13.0. The average molecular weight is 354 g/mol. The monoisotopic (exact) mass is 353 g/mol. The highest BCUT2D eigenvalue weighted by atomic mass is 79.9. The second kappa shape index (κ2) is 5.75. The van der Waals surface area contributed by atoms with Crippen molar-refractivity contribution in [2.24, 2.45) is 17.8 Å². The van der Waals surface area contributed by atoms with Gasteiger partial charge in [-0.2, -0.15) is 5.10 Å². The molecule has 5 unspecified atom stereocenters. The van der Waals surface area contributed by atoms with Crippen molar-refractivity contribution in [1.82, 2.24) is 15.1 Å². The van der Waals surface area contributed by atoms with Crippen LogP contribution in [0.1, 0.15) is 51.3 Å². The fourth-order valence-electron chi connectivity index (χ4n) is 4.14. The summed E-state index contributed by atoms with van der Waals surface area (Å²) in [6.07, 6.45) is 7.32. The van der Waals surface area contributed by atoms with E-state index in [2.05, 4.69) is 33.3 Å². The molecule has 2 saturated carbocycles. The molecule has 3 rings (SSSR count). The van der Waals surface area contributed by atoms with Crippen LogP contribution in [0.2, 0.25) is 0 Å². The van der Waals surface area contributed by atoms with E-state index in [1.54, 1.807) is 4.68 Å². The van der Waals surface area contributed by atoms with Gasteiger partial charge in [-0.15, -0.1) is 0 Å². The highest BCUT2D eigenvalue weighted by Gasteiger charge is 2.42. The molecule has 1 amide bonds. The Morgan fingerprint density at radius 1 is 1.43 bits per heavy atom. The summed E-state index contributed by atoms with van der Waals surface area (Å²) < 4.78 is 2.69. The molecule has 0 aliphatic heterocycles. The van der Waals surface area contributed by atoms with Crippen LogP contribution in [0, 0.1) is 24.7 Å². The Labute approximate surface area is 134 Å². The van der Waals surface area contributed by atoms with Crippen molar-refractivity contribution in [2.75, 3.05) is 0 Å². The van der Waals surface area contributed by atoms with Crippen LogP contribution in [0.25, 0.3) is 0 Å². The largest absolute Gasteiger partial charge is 0.352 e. The Morgan fingerprint density at radius 2 is 2.19 bits per heavy atom. The maximum atomic E-state index is 12.5. The molecular weight excluding hydrogens is 330 g/mol. The molecule has 116 valence electrons. The Morgan fingerprint density at radius 3 is 2.71 bits per heavy atom. The maximum Gasteiger partial charge on any atom is 0.244 e. The summed E-state index contributed by atoms with van der Waals surface area (Å²) in [5.41, 5.74) is 0.913. The Kier molecular flexibility index (Phi) is 4.12. The van der Waals surface area contributed by atoms with Gasteiger partial charge in [-0.05, 0) is 73.7 Å². The summed E-state index contributed by atoms with van der Waals surface area (Å²) in [5.74, 6) is 2.49. The summed E-state index contributed by atoms with van der Waals surface area (Å²) in [4.78, 5) is 12.5. The molecule has 1 aromatic rings. The predicted octanol–water partition coefficient (Wildman–Crippen LogP) is 3.46. The highest BCUT2D eigenvalue weighted by Crippen LogP contribution is 2.49. The van der Waals surface area contributed by atoms with E-state index < -0.39 is 0 Å². The fourth-order valence-corrected chi connectivity index (χ4v) is 4.43. The summed E-state index contributed by atoms with van der Waals surface area (Å²) in [6, 6.07) is 0.00592. The molecular formula is C16H24BrN3O. The lowest BCUT2D eigenvalue weighted by Gasteiger charge is -2.29. The third-order valence-electron chi connectivity index (χ3n) is 5.44. The van der Waals surface area contributed by atoms with Crippen molar-refractivity contribution in [3.63, 3.8) is 0 Å². The summed E-state index contributed by atoms with van der Waals surface area (Å²) in [6.45, 7) is 6.01. The van der Waals surface area contributed by atoms with Gasteiger partial charge >= 0.3 is 0 Å². The molecule has 1 heterocycles. The van der Waals surface area contributed by atoms with Crippen LogP contribution in [-0.4, -0.2) is 21.7 Å². The molecule has 0 spiro atoms. The van der Waals surface area contributed by atoms with Crippen molar-refractivity contribution < 1.29 is 4.79 Å². The molecule has 2 fully saturated rings. The maximum absolute atomic E-state index is 12.5. The lowest BCUT2D eigenvalue weighted by Crippen LogP contribution is -2.43. The van der Waals surface area contributed by atoms with E-state index >= 15 is 0 Å². The summed E-state index contributed by atoms with van der Waals surface area (Å²) >= 11 is 3.45. The van der Waals surface area contributed by atoms with Gasteiger partial charge in [0.25, 0.3) is 0 Å². The van der Waals surface area contributed by atoms with E-state index in [9.17, 15) is 4.79 Å².